The van der Waals surface area contributed by atoms with Crippen molar-refractivity contribution in [1.29, 1.82) is 0 Å². The zero-order valence-electron chi connectivity index (χ0n) is 12.4. The molecule has 0 aliphatic heterocycles. The number of nitrogens with zero attached hydrogens (tertiary/aromatic N) is 2. The highest BCUT2D eigenvalue weighted by atomic mass is 19.1. The van der Waals surface area contributed by atoms with Crippen molar-refractivity contribution >= 4 is 17.2 Å². The molecule has 3 rings (SSSR count). The van der Waals surface area contributed by atoms with Crippen molar-refractivity contribution in [3.05, 3.63) is 69.9 Å². The minimum absolute atomic E-state index is 0.0860. The molecule has 5 heteroatoms. The Hall–Kier alpha value is -2.69. The Morgan fingerprint density at radius 3 is 2.64 bits per heavy atom. The number of hydrogen-bond donors (Lipinski definition) is 1. The first kappa shape index (κ1) is 14.3. The first-order valence-corrected chi connectivity index (χ1v) is 7.13. The molecule has 2 heterocycles. The molecule has 0 atom stereocenters. The monoisotopic (exact) mass is 297 g/mol. The largest absolute Gasteiger partial charge is 0.340 e. The predicted octanol–water partition coefficient (Wildman–Crippen LogP) is 3.45. The average molecular weight is 297 g/mol. The second-order valence-electron chi connectivity index (χ2n) is 5.16. The fourth-order valence-electron chi connectivity index (χ4n) is 2.37. The predicted molar refractivity (Wildman–Crippen MR) is 85.3 cm³/mol. The Bertz CT molecular complexity index is 885. The number of hydrogen-bond acceptors (Lipinski definition) is 3. The minimum Gasteiger partial charge on any atom is -0.340 e. The number of nitrogens with one attached hydrogen (secondary N) is 1. The normalized spacial score (nSPS) is 10.9. The van der Waals surface area contributed by atoms with Crippen LogP contribution in [0.1, 0.15) is 18.1 Å². The first-order valence-electron chi connectivity index (χ1n) is 7.13. The van der Waals surface area contributed by atoms with Crippen molar-refractivity contribution in [2.45, 2.75) is 20.3 Å². The lowest BCUT2D eigenvalue weighted by atomic mass is 10.2. The van der Waals surface area contributed by atoms with Crippen molar-refractivity contribution in [2.24, 2.45) is 0 Å². The van der Waals surface area contributed by atoms with Crippen LogP contribution in [0.4, 0.5) is 15.9 Å². The van der Waals surface area contributed by atoms with Crippen molar-refractivity contribution < 1.29 is 4.39 Å². The summed E-state index contributed by atoms with van der Waals surface area (Å²) in [5.74, 6) is 0.216. The lowest BCUT2D eigenvalue weighted by Gasteiger charge is -2.12. The smallest absolute Gasteiger partial charge is 0.263 e. The maximum atomic E-state index is 13.0. The van der Waals surface area contributed by atoms with E-state index in [0.29, 0.717) is 29.1 Å². The summed E-state index contributed by atoms with van der Waals surface area (Å²) in [5, 5.41) is 3.11. The molecular formula is C17H16FN3O. The highest BCUT2D eigenvalue weighted by Crippen LogP contribution is 2.18. The summed E-state index contributed by atoms with van der Waals surface area (Å²) in [6, 6.07) is 9.71. The Balaban J connectivity index is 2.15. The fourth-order valence-corrected chi connectivity index (χ4v) is 2.37. The van der Waals surface area contributed by atoms with Gasteiger partial charge in [-0.1, -0.05) is 6.92 Å². The minimum atomic E-state index is -0.302. The molecule has 1 N–H and O–H groups in total. The van der Waals surface area contributed by atoms with E-state index in [9.17, 15) is 9.18 Å². The van der Waals surface area contributed by atoms with Crippen LogP contribution in [0.3, 0.4) is 0 Å². The van der Waals surface area contributed by atoms with E-state index in [1.165, 1.54) is 12.1 Å². The van der Waals surface area contributed by atoms with Crippen LogP contribution in [0.2, 0.25) is 0 Å². The molecule has 0 unspecified atom stereocenters. The van der Waals surface area contributed by atoms with Crippen LogP contribution in [-0.2, 0) is 6.42 Å². The van der Waals surface area contributed by atoms with Gasteiger partial charge in [0.25, 0.3) is 5.56 Å². The van der Waals surface area contributed by atoms with Crippen LogP contribution in [-0.4, -0.2) is 9.38 Å². The van der Waals surface area contributed by atoms with Crippen molar-refractivity contribution in [3.63, 3.8) is 0 Å². The van der Waals surface area contributed by atoms with E-state index < -0.39 is 0 Å². The molecule has 0 saturated heterocycles. The number of aryl methyl sites for hydroxylation is 1. The summed E-state index contributed by atoms with van der Waals surface area (Å²) in [6.07, 6.45) is 2.30. The van der Waals surface area contributed by atoms with Gasteiger partial charge in [0.15, 0.2) is 0 Å². The zero-order chi connectivity index (χ0) is 15.7. The molecule has 0 bridgehead atoms. The van der Waals surface area contributed by atoms with Crippen LogP contribution in [0.25, 0.3) is 5.65 Å². The Morgan fingerprint density at radius 2 is 1.95 bits per heavy atom. The highest BCUT2D eigenvalue weighted by molar-refractivity contribution is 5.62. The molecule has 22 heavy (non-hydrogen) atoms. The molecule has 0 saturated carbocycles. The molecule has 0 aliphatic rings. The van der Waals surface area contributed by atoms with E-state index in [4.69, 9.17) is 0 Å². The molecule has 3 aromatic rings. The van der Waals surface area contributed by atoms with Gasteiger partial charge in [0, 0.05) is 11.9 Å². The molecule has 4 nitrogen and oxygen atoms in total. The van der Waals surface area contributed by atoms with E-state index in [-0.39, 0.29) is 11.4 Å². The number of anilines is 2. The molecule has 0 radical (unpaired) electrons. The lowest BCUT2D eigenvalue weighted by molar-refractivity contribution is 0.628. The van der Waals surface area contributed by atoms with Crippen LogP contribution >= 0.6 is 0 Å². The number of pyridine rings is 1. The van der Waals surface area contributed by atoms with Gasteiger partial charge in [0.05, 0.1) is 5.56 Å². The fraction of sp³-hybridized carbons (Fsp3) is 0.176. The second-order valence-corrected chi connectivity index (χ2v) is 5.16. The third-order valence-corrected chi connectivity index (χ3v) is 3.54. The maximum Gasteiger partial charge on any atom is 0.263 e. The molecule has 0 fully saturated rings. The molecule has 2 aromatic heterocycles. The molecule has 112 valence electrons. The van der Waals surface area contributed by atoms with Crippen molar-refractivity contribution in [2.75, 3.05) is 5.32 Å². The summed E-state index contributed by atoms with van der Waals surface area (Å²) >= 11 is 0. The molecule has 0 amide bonds. The van der Waals surface area contributed by atoms with E-state index in [1.54, 1.807) is 22.7 Å². The number of fused-ring (bicyclic) bond motifs is 1. The van der Waals surface area contributed by atoms with E-state index in [1.807, 2.05) is 26.0 Å². The van der Waals surface area contributed by atoms with Crippen LogP contribution in [0.5, 0.6) is 0 Å². The van der Waals surface area contributed by atoms with E-state index in [2.05, 4.69) is 10.3 Å². The van der Waals surface area contributed by atoms with Crippen LogP contribution < -0.4 is 10.9 Å². The standard InChI is InChI=1S/C17H16FN3O/c1-3-14-16(19-13-6-4-12(18)5-7-13)20-15-10-11(2)8-9-21(15)17(14)22/h4-10,19H,3H2,1-2H3. The van der Waals surface area contributed by atoms with Gasteiger partial charge in [-0.15, -0.1) is 0 Å². The molecule has 1 aromatic carbocycles. The lowest BCUT2D eigenvalue weighted by Crippen LogP contribution is -2.21. The van der Waals surface area contributed by atoms with E-state index in [0.717, 1.165) is 5.56 Å². The third-order valence-electron chi connectivity index (χ3n) is 3.54. The Kier molecular flexibility index (Phi) is 3.63. The van der Waals surface area contributed by atoms with Crippen molar-refractivity contribution in [1.82, 2.24) is 9.38 Å². The molecule has 0 spiro atoms. The summed E-state index contributed by atoms with van der Waals surface area (Å²) in [4.78, 5) is 17.1. The maximum absolute atomic E-state index is 13.0. The van der Waals surface area contributed by atoms with Crippen molar-refractivity contribution in [3.8, 4) is 0 Å². The number of halogens is 1. The average Bonchev–Trinajstić information content (AvgIpc) is 2.49. The summed E-state index contributed by atoms with van der Waals surface area (Å²) in [5.41, 5.74) is 2.83. The van der Waals surface area contributed by atoms with Gasteiger partial charge in [-0.25, -0.2) is 9.37 Å². The van der Waals surface area contributed by atoms with Gasteiger partial charge in [-0.2, -0.15) is 0 Å². The highest BCUT2D eigenvalue weighted by Gasteiger charge is 2.11. The topological polar surface area (TPSA) is 46.4 Å². The van der Waals surface area contributed by atoms with E-state index >= 15 is 0 Å². The van der Waals surface area contributed by atoms with Gasteiger partial charge in [-0.3, -0.25) is 9.20 Å². The van der Waals surface area contributed by atoms with Crippen LogP contribution in [0, 0.1) is 12.7 Å². The quantitative estimate of drug-likeness (QED) is 0.805. The number of benzene rings is 1. The van der Waals surface area contributed by atoms with Gasteiger partial charge < -0.3 is 5.32 Å². The number of rotatable bonds is 3. The SMILES string of the molecule is CCc1c(Nc2ccc(F)cc2)nc2cc(C)ccn2c1=O. The van der Waals surface area contributed by atoms with Gasteiger partial charge in [-0.05, 0) is 55.3 Å². The zero-order valence-corrected chi connectivity index (χ0v) is 12.4. The Labute approximate surface area is 127 Å². The second kappa shape index (κ2) is 5.60. The first-order chi connectivity index (χ1) is 10.6. The summed E-state index contributed by atoms with van der Waals surface area (Å²) < 4.78 is 14.5. The summed E-state index contributed by atoms with van der Waals surface area (Å²) in [7, 11) is 0. The van der Waals surface area contributed by atoms with Gasteiger partial charge in [0.1, 0.15) is 17.3 Å². The van der Waals surface area contributed by atoms with Gasteiger partial charge in [0.2, 0.25) is 0 Å². The third kappa shape index (κ3) is 2.57. The summed E-state index contributed by atoms with van der Waals surface area (Å²) in [6.45, 7) is 3.86. The molecular weight excluding hydrogens is 281 g/mol. The number of aromatic nitrogens is 2. The van der Waals surface area contributed by atoms with Crippen LogP contribution in [0.15, 0.2) is 47.4 Å². The Morgan fingerprint density at radius 1 is 1.23 bits per heavy atom. The van der Waals surface area contributed by atoms with Gasteiger partial charge >= 0.3 is 0 Å². The molecule has 0 aliphatic carbocycles.